The maximum Gasteiger partial charge on any atom is 0.339 e. The van der Waals surface area contributed by atoms with E-state index in [0.717, 1.165) is 69.1 Å². The number of carbonyl (C=O) groups is 2. The van der Waals surface area contributed by atoms with Crippen LogP contribution in [0, 0.1) is 0 Å². The van der Waals surface area contributed by atoms with Crippen molar-refractivity contribution in [2.75, 3.05) is 14.2 Å². The highest BCUT2D eigenvalue weighted by atomic mass is 79.9. The minimum atomic E-state index is -0.428. The summed E-state index contributed by atoms with van der Waals surface area (Å²) < 4.78 is 11.7. The molecule has 0 fully saturated rings. The van der Waals surface area contributed by atoms with E-state index >= 15 is 0 Å². The Kier molecular flexibility index (Phi) is 4.10. The molecule has 0 N–H and O–H groups in total. The number of methoxy groups -OCH3 is 2. The summed E-state index contributed by atoms with van der Waals surface area (Å²) in [5.74, 6) is -0.856. The molecule has 0 heterocycles. The fourth-order valence-corrected chi connectivity index (χ4v) is 6.45. The van der Waals surface area contributed by atoms with Crippen molar-refractivity contribution >= 4 is 92.5 Å². The lowest BCUT2D eigenvalue weighted by atomic mass is 9.93. The molecule has 0 saturated heterocycles. The summed E-state index contributed by atoms with van der Waals surface area (Å²) in [5.41, 5.74) is 0.961. The number of hydrogen-bond acceptors (Lipinski definition) is 4. The van der Waals surface area contributed by atoms with Gasteiger partial charge in [0.25, 0.3) is 0 Å². The summed E-state index contributed by atoms with van der Waals surface area (Å²) >= 11 is 3.67. The van der Waals surface area contributed by atoms with Gasteiger partial charge in [0.15, 0.2) is 0 Å². The molecule has 5 heteroatoms. The van der Waals surface area contributed by atoms with Gasteiger partial charge in [0.2, 0.25) is 0 Å². The van der Waals surface area contributed by atoms with Crippen LogP contribution in [0.2, 0.25) is 0 Å². The lowest BCUT2D eigenvalue weighted by molar-refractivity contribution is 0.0593. The van der Waals surface area contributed by atoms with Crippen molar-refractivity contribution in [1.82, 2.24) is 0 Å². The molecule has 0 spiro atoms. The lowest BCUT2D eigenvalue weighted by Gasteiger charge is -2.12. The summed E-state index contributed by atoms with van der Waals surface area (Å²) in [6, 6.07) is 22.1. The van der Waals surface area contributed by atoms with Gasteiger partial charge < -0.3 is 9.47 Å². The van der Waals surface area contributed by atoms with E-state index in [1.165, 1.54) is 14.2 Å². The minimum Gasteiger partial charge on any atom is -0.465 e. The van der Waals surface area contributed by atoms with Gasteiger partial charge in [-0.3, -0.25) is 0 Å². The monoisotopic (exact) mass is 520 g/mol. The Morgan fingerprint density at radius 2 is 0.971 bits per heavy atom. The lowest BCUT2D eigenvalue weighted by Crippen LogP contribution is -2.07. The largest absolute Gasteiger partial charge is 0.465 e. The highest BCUT2D eigenvalue weighted by molar-refractivity contribution is 9.10. The highest BCUT2D eigenvalue weighted by Crippen LogP contribution is 2.50. The fraction of sp³-hybridized carbons (Fsp3) is 0.0667. The molecule has 0 aliphatic rings. The Labute approximate surface area is 207 Å². The molecule has 0 saturated carbocycles. The summed E-state index contributed by atoms with van der Waals surface area (Å²) in [7, 11) is 2.80. The third kappa shape index (κ3) is 2.41. The number of fused-ring (bicyclic) bond motifs is 6. The minimum absolute atomic E-state index is 0.428. The van der Waals surface area contributed by atoms with E-state index in [0.29, 0.717) is 11.1 Å². The molecule has 0 bridgehead atoms. The zero-order valence-electron chi connectivity index (χ0n) is 18.9. The van der Waals surface area contributed by atoms with Crippen molar-refractivity contribution in [2.24, 2.45) is 0 Å². The number of rotatable bonds is 2. The zero-order valence-corrected chi connectivity index (χ0v) is 20.4. The van der Waals surface area contributed by atoms with E-state index in [4.69, 9.17) is 9.47 Å². The van der Waals surface area contributed by atoms with Crippen molar-refractivity contribution in [3.05, 3.63) is 82.3 Å². The van der Waals surface area contributed by atoms with E-state index < -0.39 is 11.9 Å². The number of carbonyl (C=O) groups excluding carboxylic acids is 2. The van der Waals surface area contributed by atoms with Gasteiger partial charge >= 0.3 is 11.9 Å². The molecule has 4 nitrogen and oxygen atoms in total. The van der Waals surface area contributed by atoms with Gasteiger partial charge in [-0.1, -0.05) is 76.6 Å². The Morgan fingerprint density at radius 3 is 1.49 bits per heavy atom. The van der Waals surface area contributed by atoms with Gasteiger partial charge in [0.1, 0.15) is 0 Å². The highest BCUT2D eigenvalue weighted by Gasteiger charge is 2.31. The van der Waals surface area contributed by atoms with Gasteiger partial charge in [0, 0.05) is 26.0 Å². The smallest absolute Gasteiger partial charge is 0.339 e. The molecule has 0 amide bonds. The summed E-state index contributed by atoms with van der Waals surface area (Å²) in [6.07, 6.45) is 0. The first-order chi connectivity index (χ1) is 17.1. The first-order valence-electron chi connectivity index (χ1n) is 11.2. The molecule has 35 heavy (non-hydrogen) atoms. The maximum atomic E-state index is 13.5. The average molecular weight is 521 g/mol. The fourth-order valence-electron chi connectivity index (χ4n) is 5.99. The van der Waals surface area contributed by atoms with E-state index in [1.54, 1.807) is 0 Å². The number of halogens is 1. The van der Waals surface area contributed by atoms with Crippen molar-refractivity contribution in [3.8, 4) is 0 Å². The number of benzene rings is 5. The van der Waals surface area contributed by atoms with Gasteiger partial charge in [-0.15, -0.1) is 0 Å². The van der Waals surface area contributed by atoms with Gasteiger partial charge in [-0.05, 0) is 49.2 Å². The van der Waals surface area contributed by atoms with E-state index in [2.05, 4.69) is 15.9 Å². The van der Waals surface area contributed by atoms with Crippen LogP contribution in [-0.4, -0.2) is 26.2 Å². The summed E-state index contributed by atoms with van der Waals surface area (Å²) in [5, 5.41) is 10.7. The van der Waals surface area contributed by atoms with Crippen LogP contribution in [0.5, 0.6) is 0 Å². The first-order valence-corrected chi connectivity index (χ1v) is 12.0. The normalized spacial score (nSPS) is 12.1. The third-order valence-electron chi connectivity index (χ3n) is 7.25. The molecular formula is C30H17BrO4. The molecule has 7 aromatic carbocycles. The average Bonchev–Trinajstić information content (AvgIpc) is 3.40. The zero-order chi connectivity index (χ0) is 24.0. The molecule has 0 aliphatic heterocycles. The van der Waals surface area contributed by atoms with Gasteiger partial charge in [0.05, 0.1) is 25.3 Å². The molecule has 0 atom stereocenters. The third-order valence-corrected chi connectivity index (χ3v) is 7.94. The molecule has 7 rings (SSSR count). The second-order valence-corrected chi connectivity index (χ2v) is 9.62. The predicted molar refractivity (Wildman–Crippen MR) is 144 cm³/mol. The molecule has 0 aliphatic carbocycles. The SMILES string of the molecule is COC(=O)c1c2c3cccc4cccc(c2c(C(=O)OC)c2c5ccc(Br)c6cccc(c12)c65)c43. The van der Waals surface area contributed by atoms with Crippen molar-refractivity contribution < 1.29 is 19.1 Å². The Balaban J connectivity index is 1.95. The van der Waals surface area contributed by atoms with E-state index in [1.807, 2.05) is 66.7 Å². The van der Waals surface area contributed by atoms with Crippen LogP contribution < -0.4 is 0 Å². The number of hydrogen-bond donors (Lipinski definition) is 0. The Bertz CT molecular complexity index is 1920. The standard InChI is InChI=1S/C30H17BrO4/c1-34-29(32)27-23-16-9-3-6-14-7-4-10-17(21(14)16)24(23)28(30(33)35-2)26-19-12-13-20(31)15-8-5-11-18(22(15)19)25(26)27/h3-13H,1-2H3. The Hall–Kier alpha value is -3.96. The molecule has 7 aromatic rings. The van der Waals surface area contributed by atoms with Gasteiger partial charge in [-0.2, -0.15) is 0 Å². The van der Waals surface area contributed by atoms with Crippen LogP contribution in [0.3, 0.4) is 0 Å². The number of ether oxygens (including phenoxy) is 2. The van der Waals surface area contributed by atoms with E-state index in [-0.39, 0.29) is 0 Å². The van der Waals surface area contributed by atoms with Crippen molar-refractivity contribution in [1.29, 1.82) is 0 Å². The summed E-state index contributed by atoms with van der Waals surface area (Å²) in [6.45, 7) is 0. The topological polar surface area (TPSA) is 52.6 Å². The van der Waals surface area contributed by atoms with Gasteiger partial charge in [-0.25, -0.2) is 9.59 Å². The second kappa shape index (κ2) is 7.03. The van der Waals surface area contributed by atoms with Crippen LogP contribution in [0.25, 0.3) is 64.6 Å². The molecule has 168 valence electrons. The van der Waals surface area contributed by atoms with Crippen molar-refractivity contribution in [3.63, 3.8) is 0 Å². The van der Waals surface area contributed by atoms with E-state index in [9.17, 15) is 9.59 Å². The van der Waals surface area contributed by atoms with Crippen LogP contribution in [0.4, 0.5) is 0 Å². The van der Waals surface area contributed by atoms with Crippen LogP contribution in [0.15, 0.2) is 71.2 Å². The molecular weight excluding hydrogens is 504 g/mol. The van der Waals surface area contributed by atoms with Crippen LogP contribution in [0.1, 0.15) is 20.7 Å². The van der Waals surface area contributed by atoms with Crippen LogP contribution >= 0.6 is 15.9 Å². The molecule has 0 radical (unpaired) electrons. The molecule has 0 aromatic heterocycles. The van der Waals surface area contributed by atoms with Crippen LogP contribution in [-0.2, 0) is 9.47 Å². The summed E-state index contributed by atoms with van der Waals surface area (Å²) in [4.78, 5) is 27.1. The van der Waals surface area contributed by atoms with Crippen molar-refractivity contribution in [2.45, 2.75) is 0 Å². The second-order valence-electron chi connectivity index (χ2n) is 8.77. The number of esters is 2. The first kappa shape index (κ1) is 20.4. The molecule has 0 unspecified atom stereocenters. The quantitative estimate of drug-likeness (QED) is 0.218. The predicted octanol–water partition coefficient (Wildman–Crippen LogP) is 7.82. The Morgan fingerprint density at radius 1 is 0.543 bits per heavy atom. The maximum absolute atomic E-state index is 13.5.